The number of nitrogen functional groups attached to an aromatic ring is 1. The highest BCUT2D eigenvalue weighted by Gasteiger charge is 2.21. The van der Waals surface area contributed by atoms with E-state index in [1.807, 2.05) is 29.2 Å². The van der Waals surface area contributed by atoms with E-state index in [4.69, 9.17) is 17.3 Å². The van der Waals surface area contributed by atoms with E-state index in [0.717, 1.165) is 37.7 Å². The van der Waals surface area contributed by atoms with Gasteiger partial charge in [-0.3, -0.25) is 14.8 Å². The third kappa shape index (κ3) is 4.46. The van der Waals surface area contributed by atoms with E-state index in [9.17, 15) is 4.79 Å². The summed E-state index contributed by atoms with van der Waals surface area (Å²) < 4.78 is 0. The van der Waals surface area contributed by atoms with Crippen LogP contribution < -0.4 is 5.73 Å². The minimum Gasteiger partial charge on any atom is -0.367 e. The van der Waals surface area contributed by atoms with Crippen molar-refractivity contribution < 1.29 is 4.79 Å². The fourth-order valence-electron chi connectivity index (χ4n) is 2.81. The third-order valence-electron chi connectivity index (χ3n) is 4.17. The molecule has 0 bridgehead atoms. The van der Waals surface area contributed by atoms with Crippen molar-refractivity contribution in [2.24, 2.45) is 0 Å². The molecule has 0 aliphatic carbocycles. The van der Waals surface area contributed by atoms with Crippen LogP contribution in [0.4, 0.5) is 5.95 Å². The molecule has 24 heavy (non-hydrogen) atoms. The zero-order valence-electron chi connectivity index (χ0n) is 13.4. The molecule has 1 saturated heterocycles. The lowest BCUT2D eigenvalue weighted by Gasteiger charge is -2.34. The Morgan fingerprint density at radius 2 is 1.92 bits per heavy atom. The van der Waals surface area contributed by atoms with E-state index in [1.165, 1.54) is 5.56 Å². The lowest BCUT2D eigenvalue weighted by Crippen LogP contribution is -2.48. The van der Waals surface area contributed by atoms with Crippen molar-refractivity contribution in [1.29, 1.82) is 0 Å². The van der Waals surface area contributed by atoms with Crippen LogP contribution in [0.15, 0.2) is 24.3 Å². The Bertz CT molecular complexity index is 678. The van der Waals surface area contributed by atoms with Crippen LogP contribution >= 0.6 is 11.6 Å². The van der Waals surface area contributed by atoms with E-state index in [1.54, 1.807) is 0 Å². The fraction of sp³-hybridized carbons (Fsp3) is 0.438. The molecule has 0 atom stereocenters. The van der Waals surface area contributed by atoms with Crippen LogP contribution in [0.25, 0.3) is 0 Å². The number of nitrogens with zero attached hydrogens (tertiary/aromatic N) is 4. The van der Waals surface area contributed by atoms with Crippen LogP contribution in [-0.4, -0.2) is 57.1 Å². The van der Waals surface area contributed by atoms with Crippen LogP contribution in [-0.2, 0) is 17.8 Å². The van der Waals surface area contributed by atoms with E-state index in [-0.39, 0.29) is 11.9 Å². The van der Waals surface area contributed by atoms with Gasteiger partial charge in [-0.15, -0.1) is 5.10 Å². The second-order valence-electron chi connectivity index (χ2n) is 5.92. The summed E-state index contributed by atoms with van der Waals surface area (Å²) in [5.41, 5.74) is 6.69. The Morgan fingerprint density at radius 3 is 2.54 bits per heavy atom. The zero-order chi connectivity index (χ0) is 16.9. The largest absolute Gasteiger partial charge is 0.367 e. The summed E-state index contributed by atoms with van der Waals surface area (Å²) >= 11 is 5.91. The number of hydrogen-bond acceptors (Lipinski definition) is 5. The number of hydrogen-bond donors (Lipinski definition) is 2. The average molecular weight is 349 g/mol. The molecular formula is C16H21ClN6O. The number of halogens is 1. The van der Waals surface area contributed by atoms with Gasteiger partial charge < -0.3 is 10.6 Å². The van der Waals surface area contributed by atoms with E-state index in [2.05, 4.69) is 20.1 Å². The maximum Gasteiger partial charge on any atom is 0.239 e. The van der Waals surface area contributed by atoms with Crippen molar-refractivity contribution in [2.75, 3.05) is 31.9 Å². The Balaban J connectivity index is 1.42. The molecule has 0 radical (unpaired) electrons. The highest BCUT2D eigenvalue weighted by Crippen LogP contribution is 2.13. The zero-order valence-corrected chi connectivity index (χ0v) is 14.2. The van der Waals surface area contributed by atoms with Gasteiger partial charge in [-0.1, -0.05) is 23.7 Å². The Morgan fingerprint density at radius 1 is 1.21 bits per heavy atom. The number of nitrogens with one attached hydrogen (secondary N) is 1. The van der Waals surface area contributed by atoms with Crippen molar-refractivity contribution in [3.05, 3.63) is 40.7 Å². The number of aromatic amines is 1. The van der Waals surface area contributed by atoms with Crippen molar-refractivity contribution in [3.63, 3.8) is 0 Å². The van der Waals surface area contributed by atoms with Gasteiger partial charge in [0.2, 0.25) is 11.9 Å². The predicted octanol–water partition coefficient (Wildman–Crippen LogP) is 1.32. The molecule has 1 fully saturated rings. The molecule has 8 heteroatoms. The Hall–Kier alpha value is -2.12. The first-order chi connectivity index (χ1) is 11.6. The van der Waals surface area contributed by atoms with Gasteiger partial charge in [-0.2, -0.15) is 4.98 Å². The summed E-state index contributed by atoms with van der Waals surface area (Å²) in [4.78, 5) is 20.6. The third-order valence-corrected chi connectivity index (χ3v) is 4.42. The van der Waals surface area contributed by atoms with Crippen LogP contribution in [0.5, 0.6) is 0 Å². The summed E-state index contributed by atoms with van der Waals surface area (Å²) in [7, 11) is 0. The number of rotatable bonds is 5. The topological polar surface area (TPSA) is 91.1 Å². The van der Waals surface area contributed by atoms with E-state index < -0.39 is 0 Å². The maximum absolute atomic E-state index is 12.3. The molecule has 128 valence electrons. The Labute approximate surface area is 145 Å². The molecule has 1 amide bonds. The number of carbonyl (C=O) groups excluding carboxylic acids is 1. The van der Waals surface area contributed by atoms with Crippen LogP contribution in [0.2, 0.25) is 5.02 Å². The van der Waals surface area contributed by atoms with Crippen LogP contribution in [0, 0.1) is 0 Å². The van der Waals surface area contributed by atoms with Gasteiger partial charge in [-0.05, 0) is 17.7 Å². The SMILES string of the molecule is Nc1n[nH]c(CCC(=O)N2CCN(Cc3ccc(Cl)cc3)CC2)n1. The molecule has 0 unspecified atom stereocenters. The lowest BCUT2D eigenvalue weighted by molar-refractivity contribution is -0.133. The molecule has 3 rings (SSSR count). The molecule has 3 N–H and O–H groups in total. The molecule has 0 spiro atoms. The molecule has 7 nitrogen and oxygen atoms in total. The standard InChI is InChI=1S/C16H21ClN6O/c17-13-3-1-12(2-4-13)11-22-7-9-23(10-8-22)15(24)6-5-14-19-16(18)21-20-14/h1-4H,5-11H2,(H3,18,19,20,21). The van der Waals surface area contributed by atoms with Crippen molar-refractivity contribution >= 4 is 23.5 Å². The number of aromatic nitrogens is 3. The van der Waals surface area contributed by atoms with Gasteiger partial charge in [0.05, 0.1) is 0 Å². The van der Waals surface area contributed by atoms with Gasteiger partial charge in [0.1, 0.15) is 5.82 Å². The van der Waals surface area contributed by atoms with Gasteiger partial charge >= 0.3 is 0 Å². The first-order valence-corrected chi connectivity index (χ1v) is 8.39. The number of nitrogens with two attached hydrogens (primary N) is 1. The predicted molar refractivity (Wildman–Crippen MR) is 92.4 cm³/mol. The lowest BCUT2D eigenvalue weighted by atomic mass is 10.2. The van der Waals surface area contributed by atoms with Crippen molar-refractivity contribution in [3.8, 4) is 0 Å². The highest BCUT2D eigenvalue weighted by molar-refractivity contribution is 6.30. The minimum absolute atomic E-state index is 0.149. The van der Waals surface area contributed by atoms with Gasteiger partial charge in [0.15, 0.2) is 0 Å². The van der Waals surface area contributed by atoms with E-state index in [0.29, 0.717) is 18.7 Å². The second kappa shape index (κ2) is 7.63. The molecule has 0 saturated carbocycles. The average Bonchev–Trinajstić information content (AvgIpc) is 3.01. The number of amides is 1. The minimum atomic E-state index is 0.149. The maximum atomic E-state index is 12.3. The molecule has 1 aliphatic rings. The number of piperazine rings is 1. The van der Waals surface area contributed by atoms with Gasteiger partial charge in [0.25, 0.3) is 0 Å². The normalized spacial score (nSPS) is 15.6. The summed E-state index contributed by atoms with van der Waals surface area (Å²) in [6.45, 7) is 4.15. The molecule has 1 aliphatic heterocycles. The number of anilines is 1. The first-order valence-electron chi connectivity index (χ1n) is 8.01. The molecule has 1 aromatic heterocycles. The fourth-order valence-corrected chi connectivity index (χ4v) is 2.93. The Kier molecular flexibility index (Phi) is 5.32. The number of H-pyrrole nitrogens is 1. The molecule has 1 aromatic carbocycles. The molecular weight excluding hydrogens is 328 g/mol. The first kappa shape index (κ1) is 16.7. The van der Waals surface area contributed by atoms with Gasteiger partial charge in [-0.25, -0.2) is 0 Å². The summed E-state index contributed by atoms with van der Waals surface area (Å²) in [6.07, 6.45) is 0.958. The summed E-state index contributed by atoms with van der Waals surface area (Å²) in [6, 6.07) is 7.91. The number of benzene rings is 1. The van der Waals surface area contributed by atoms with Gasteiger partial charge in [0, 0.05) is 50.6 Å². The van der Waals surface area contributed by atoms with Crippen LogP contribution in [0.1, 0.15) is 17.8 Å². The number of aryl methyl sites for hydroxylation is 1. The monoisotopic (exact) mass is 348 g/mol. The van der Waals surface area contributed by atoms with Crippen molar-refractivity contribution in [2.45, 2.75) is 19.4 Å². The summed E-state index contributed by atoms with van der Waals surface area (Å²) in [5, 5.41) is 7.24. The number of carbonyl (C=O) groups is 1. The van der Waals surface area contributed by atoms with Crippen molar-refractivity contribution in [1.82, 2.24) is 25.0 Å². The summed E-state index contributed by atoms with van der Waals surface area (Å²) in [5.74, 6) is 1.02. The molecule has 2 heterocycles. The van der Waals surface area contributed by atoms with E-state index >= 15 is 0 Å². The highest BCUT2D eigenvalue weighted by atomic mass is 35.5. The smallest absolute Gasteiger partial charge is 0.239 e. The second-order valence-corrected chi connectivity index (χ2v) is 6.36. The molecule has 2 aromatic rings. The van der Waals surface area contributed by atoms with Crippen LogP contribution in [0.3, 0.4) is 0 Å². The quantitative estimate of drug-likeness (QED) is 0.850.